The largest absolute Gasteiger partial charge is 0.324 e. The van der Waals surface area contributed by atoms with Crippen LogP contribution in [0.4, 0.5) is 10.1 Å². The summed E-state index contributed by atoms with van der Waals surface area (Å²) < 4.78 is 15.6. The molecule has 1 amide bonds. The van der Waals surface area contributed by atoms with Crippen LogP contribution in [0.1, 0.15) is 28.7 Å². The molecule has 3 nitrogen and oxygen atoms in total. The number of halogens is 2. The molecule has 1 heterocycles. The molecule has 0 unspecified atom stereocenters. The van der Waals surface area contributed by atoms with Gasteiger partial charge < -0.3 is 10.6 Å². The molecule has 1 aliphatic rings. The first-order valence-corrected chi connectivity index (χ1v) is 8.90. The highest BCUT2D eigenvalue weighted by atomic mass is 79.9. The number of hydrogen-bond donors (Lipinski definition) is 2. The third kappa shape index (κ3) is 3.84. The van der Waals surface area contributed by atoms with Crippen molar-refractivity contribution in [1.29, 1.82) is 0 Å². The molecule has 0 saturated heterocycles. The van der Waals surface area contributed by atoms with Crippen LogP contribution in [0.5, 0.6) is 0 Å². The van der Waals surface area contributed by atoms with E-state index in [9.17, 15) is 9.18 Å². The van der Waals surface area contributed by atoms with Crippen molar-refractivity contribution >= 4 is 27.5 Å². The first kappa shape index (κ1) is 17.1. The van der Waals surface area contributed by atoms with E-state index < -0.39 is 0 Å². The Labute approximate surface area is 149 Å². The minimum absolute atomic E-state index is 0.164. The number of aryl methyl sites for hydroxylation is 2. The lowest BCUT2D eigenvalue weighted by Crippen LogP contribution is -2.25. The number of carbonyl (C=O) groups excluding carboxylic acids is 1. The van der Waals surface area contributed by atoms with Crippen LogP contribution in [0.15, 0.2) is 34.8 Å². The van der Waals surface area contributed by atoms with Gasteiger partial charge in [-0.3, -0.25) is 4.79 Å². The third-order valence-electron chi connectivity index (χ3n) is 4.34. The summed E-state index contributed by atoms with van der Waals surface area (Å²) in [6.07, 6.45) is 1.62. The van der Waals surface area contributed by atoms with Crippen molar-refractivity contribution in [3.8, 4) is 0 Å². The maximum Gasteiger partial charge on any atom is 0.224 e. The Morgan fingerprint density at radius 2 is 2.17 bits per heavy atom. The highest BCUT2D eigenvalue weighted by Gasteiger charge is 2.17. The summed E-state index contributed by atoms with van der Waals surface area (Å²) in [5.41, 5.74) is 4.22. The van der Waals surface area contributed by atoms with E-state index in [4.69, 9.17) is 0 Å². The summed E-state index contributed by atoms with van der Waals surface area (Å²) in [6, 6.07) is 9.58. The predicted molar refractivity (Wildman–Crippen MR) is 97.6 cm³/mol. The van der Waals surface area contributed by atoms with Crippen LogP contribution < -0.4 is 10.6 Å². The van der Waals surface area contributed by atoms with Crippen molar-refractivity contribution in [2.45, 2.75) is 32.7 Å². The fourth-order valence-electron chi connectivity index (χ4n) is 2.96. The molecule has 126 valence electrons. The SMILES string of the molecule is Cc1cc(CCC(=O)Nc2ccc3c(c2F)CCNC3)ccc1Br. The lowest BCUT2D eigenvalue weighted by atomic mass is 9.99. The van der Waals surface area contributed by atoms with Crippen LogP contribution in [0.3, 0.4) is 0 Å². The molecule has 0 radical (unpaired) electrons. The Bertz CT molecular complexity index is 776. The Kier molecular flexibility index (Phi) is 5.31. The van der Waals surface area contributed by atoms with Crippen LogP contribution in [-0.4, -0.2) is 12.5 Å². The summed E-state index contributed by atoms with van der Waals surface area (Å²) >= 11 is 3.47. The van der Waals surface area contributed by atoms with Gasteiger partial charge >= 0.3 is 0 Å². The Morgan fingerprint density at radius 3 is 2.96 bits per heavy atom. The fourth-order valence-corrected chi connectivity index (χ4v) is 3.21. The normalized spacial score (nSPS) is 13.5. The average Bonchev–Trinajstić information content (AvgIpc) is 2.59. The second-order valence-corrected chi connectivity index (χ2v) is 6.98. The Balaban J connectivity index is 1.63. The van der Waals surface area contributed by atoms with Gasteiger partial charge in [-0.25, -0.2) is 4.39 Å². The molecular weight excluding hydrogens is 371 g/mol. The fraction of sp³-hybridized carbons (Fsp3) is 0.316. The van der Waals surface area contributed by atoms with Gasteiger partial charge in [0.05, 0.1) is 5.69 Å². The van der Waals surface area contributed by atoms with E-state index in [1.807, 2.05) is 25.1 Å². The van der Waals surface area contributed by atoms with Crippen LogP contribution in [-0.2, 0) is 24.2 Å². The molecule has 1 aliphatic heterocycles. The molecule has 0 aromatic heterocycles. The maximum absolute atomic E-state index is 14.5. The van der Waals surface area contributed by atoms with Crippen molar-refractivity contribution in [2.24, 2.45) is 0 Å². The molecule has 2 aromatic carbocycles. The number of anilines is 1. The lowest BCUT2D eigenvalue weighted by Gasteiger charge is -2.19. The molecule has 0 saturated carbocycles. The molecule has 0 atom stereocenters. The van der Waals surface area contributed by atoms with Crippen LogP contribution in [0, 0.1) is 12.7 Å². The number of fused-ring (bicyclic) bond motifs is 1. The third-order valence-corrected chi connectivity index (χ3v) is 5.23. The topological polar surface area (TPSA) is 41.1 Å². The lowest BCUT2D eigenvalue weighted by molar-refractivity contribution is -0.116. The first-order chi connectivity index (χ1) is 11.5. The monoisotopic (exact) mass is 390 g/mol. The van der Waals surface area contributed by atoms with E-state index in [1.54, 1.807) is 6.07 Å². The predicted octanol–water partition coefficient (Wildman–Crippen LogP) is 4.11. The molecule has 2 aromatic rings. The van der Waals surface area contributed by atoms with E-state index in [2.05, 4.69) is 32.6 Å². The molecule has 5 heteroatoms. The molecule has 24 heavy (non-hydrogen) atoms. The summed E-state index contributed by atoms with van der Waals surface area (Å²) in [5.74, 6) is -0.454. The molecule has 0 fully saturated rings. The first-order valence-electron chi connectivity index (χ1n) is 8.10. The van der Waals surface area contributed by atoms with Crippen molar-refractivity contribution in [3.05, 3.63) is 62.9 Å². The van der Waals surface area contributed by atoms with Crippen molar-refractivity contribution in [1.82, 2.24) is 5.32 Å². The molecule has 3 rings (SSSR count). The van der Waals surface area contributed by atoms with E-state index in [-0.39, 0.29) is 17.4 Å². The standard InChI is InChI=1S/C19H20BrFN2O/c1-12-10-13(2-5-16(12)20)3-7-18(24)23-17-6-4-14-11-22-9-8-15(14)19(17)21/h2,4-6,10,22H,3,7-9,11H2,1H3,(H,23,24). The van der Waals surface area contributed by atoms with Crippen molar-refractivity contribution in [2.75, 3.05) is 11.9 Å². The van der Waals surface area contributed by atoms with Gasteiger partial charge in [0.2, 0.25) is 5.91 Å². The summed E-state index contributed by atoms with van der Waals surface area (Å²) in [7, 11) is 0. The van der Waals surface area contributed by atoms with Crippen LogP contribution >= 0.6 is 15.9 Å². The highest BCUT2D eigenvalue weighted by Crippen LogP contribution is 2.25. The van der Waals surface area contributed by atoms with Gasteiger partial charge in [-0.1, -0.05) is 34.1 Å². The minimum atomic E-state index is -0.290. The Hall–Kier alpha value is -1.72. The Morgan fingerprint density at radius 1 is 1.33 bits per heavy atom. The van der Waals surface area contributed by atoms with E-state index >= 15 is 0 Å². The molecule has 0 bridgehead atoms. The molecule has 0 aliphatic carbocycles. The average molecular weight is 391 g/mol. The maximum atomic E-state index is 14.5. The minimum Gasteiger partial charge on any atom is -0.324 e. The van der Waals surface area contributed by atoms with Gasteiger partial charge in [0.1, 0.15) is 5.82 Å². The zero-order valence-electron chi connectivity index (χ0n) is 13.6. The van der Waals surface area contributed by atoms with Crippen LogP contribution in [0.2, 0.25) is 0 Å². The van der Waals surface area contributed by atoms with E-state index in [0.717, 1.165) is 33.3 Å². The van der Waals surface area contributed by atoms with E-state index in [1.165, 1.54) is 0 Å². The summed E-state index contributed by atoms with van der Waals surface area (Å²) in [6.45, 7) is 3.47. The van der Waals surface area contributed by atoms with Gasteiger partial charge in [-0.15, -0.1) is 0 Å². The number of amides is 1. The number of rotatable bonds is 4. The smallest absolute Gasteiger partial charge is 0.224 e. The van der Waals surface area contributed by atoms with Gasteiger partial charge in [0.25, 0.3) is 0 Å². The second kappa shape index (κ2) is 7.45. The van der Waals surface area contributed by atoms with E-state index in [0.29, 0.717) is 25.8 Å². The van der Waals surface area contributed by atoms with Crippen molar-refractivity contribution in [3.63, 3.8) is 0 Å². The molecule has 0 spiro atoms. The highest BCUT2D eigenvalue weighted by molar-refractivity contribution is 9.10. The van der Waals surface area contributed by atoms with Crippen molar-refractivity contribution < 1.29 is 9.18 Å². The quantitative estimate of drug-likeness (QED) is 0.824. The number of nitrogens with one attached hydrogen (secondary N) is 2. The summed E-state index contributed by atoms with van der Waals surface area (Å²) in [5, 5.41) is 5.93. The van der Waals surface area contributed by atoms with Gasteiger partial charge in [-0.2, -0.15) is 0 Å². The molecular formula is C19H20BrFN2O. The number of hydrogen-bond acceptors (Lipinski definition) is 2. The van der Waals surface area contributed by atoms with Crippen LogP contribution in [0.25, 0.3) is 0 Å². The van der Waals surface area contributed by atoms with Gasteiger partial charge in [0, 0.05) is 17.4 Å². The zero-order chi connectivity index (χ0) is 17.1. The van der Waals surface area contributed by atoms with Gasteiger partial charge in [-0.05, 0) is 60.7 Å². The zero-order valence-corrected chi connectivity index (χ0v) is 15.2. The van der Waals surface area contributed by atoms with Gasteiger partial charge in [0.15, 0.2) is 0 Å². The second-order valence-electron chi connectivity index (χ2n) is 6.12. The summed E-state index contributed by atoms with van der Waals surface area (Å²) in [4.78, 5) is 12.2. The molecule has 2 N–H and O–H groups in total. The number of benzene rings is 2. The number of carbonyl (C=O) groups is 1.